The number of anilines is 1. The Bertz CT molecular complexity index is 1330. The fourth-order valence-electron chi connectivity index (χ4n) is 3.39. The zero-order chi connectivity index (χ0) is 24.2. The molecule has 0 fully saturated rings. The number of hydrogen-bond acceptors (Lipinski definition) is 6. The molecule has 1 aromatic carbocycles. The van der Waals surface area contributed by atoms with Gasteiger partial charge in [0.05, 0.1) is 15.5 Å². The zero-order valence-electron chi connectivity index (χ0n) is 20.0. The molecule has 0 radical (unpaired) electrons. The van der Waals surface area contributed by atoms with Crippen molar-refractivity contribution in [3.05, 3.63) is 45.2 Å². The average Bonchev–Trinajstić information content (AvgIpc) is 3.01. The van der Waals surface area contributed by atoms with Crippen LogP contribution in [0.15, 0.2) is 17.0 Å². The van der Waals surface area contributed by atoms with E-state index in [-0.39, 0.29) is 16.2 Å². The molecule has 0 atom stereocenters. The highest BCUT2D eigenvalue weighted by Gasteiger charge is 2.25. The molecule has 3 aromatic rings. The maximum atomic E-state index is 13.2. The third-order valence-corrected chi connectivity index (χ3v) is 8.49. The molecule has 0 aliphatic carbocycles. The monoisotopic (exact) mass is 474 g/mol. The molecule has 1 amide bonds. The zero-order valence-corrected chi connectivity index (χ0v) is 21.7. The summed E-state index contributed by atoms with van der Waals surface area (Å²) in [5.74, 6) is 0.452. The first-order valence-electron chi connectivity index (χ1n) is 10.3. The van der Waals surface area contributed by atoms with E-state index in [0.717, 1.165) is 42.7 Å². The van der Waals surface area contributed by atoms with Gasteiger partial charge < -0.3 is 5.32 Å². The molecule has 3 rings (SSSR count). The lowest BCUT2D eigenvalue weighted by Gasteiger charge is -2.16. The smallest absolute Gasteiger partial charge is 0.266 e. The highest BCUT2D eigenvalue weighted by atomic mass is 32.2. The quantitative estimate of drug-likeness (QED) is 0.590. The number of fused-ring (bicyclic) bond motifs is 1. The van der Waals surface area contributed by atoms with E-state index in [1.165, 1.54) is 31.5 Å². The topological polar surface area (TPSA) is 92.3 Å². The molecule has 0 aliphatic rings. The Labute approximate surface area is 193 Å². The number of benzene rings is 1. The first-order valence-corrected chi connectivity index (χ1v) is 12.5. The average molecular weight is 475 g/mol. The molecule has 0 saturated heterocycles. The van der Waals surface area contributed by atoms with Crippen LogP contribution in [-0.2, 0) is 15.4 Å². The molecule has 2 heterocycles. The lowest BCUT2D eigenvalue weighted by Crippen LogP contribution is -2.23. The number of sulfonamides is 1. The highest BCUT2D eigenvalue weighted by Crippen LogP contribution is 2.34. The minimum atomic E-state index is -3.63. The largest absolute Gasteiger partial charge is 0.321 e. The van der Waals surface area contributed by atoms with Crippen molar-refractivity contribution in [2.75, 3.05) is 19.4 Å². The molecule has 0 bridgehead atoms. The van der Waals surface area contributed by atoms with Crippen molar-refractivity contribution in [1.82, 2.24) is 14.3 Å². The van der Waals surface area contributed by atoms with Crippen molar-refractivity contribution in [3.63, 3.8) is 0 Å². The van der Waals surface area contributed by atoms with Gasteiger partial charge in [-0.2, -0.15) is 0 Å². The SMILES string of the molecule is Cc1cc(S(=O)(=O)N(C)C)cc(NC(=O)c2sc3nc(C(C)(C)C)nc(C)c3c2C)c1C. The molecule has 172 valence electrons. The second-order valence-corrected chi connectivity index (χ2v) is 12.4. The van der Waals surface area contributed by atoms with Gasteiger partial charge in [0.2, 0.25) is 10.0 Å². The molecule has 7 nitrogen and oxygen atoms in total. The van der Waals surface area contributed by atoms with Crippen molar-refractivity contribution in [2.24, 2.45) is 0 Å². The van der Waals surface area contributed by atoms with Crippen LogP contribution in [0.5, 0.6) is 0 Å². The van der Waals surface area contributed by atoms with Crippen LogP contribution in [0.3, 0.4) is 0 Å². The number of nitrogens with zero attached hydrogens (tertiary/aromatic N) is 3. The highest BCUT2D eigenvalue weighted by molar-refractivity contribution is 7.89. The Hall–Kier alpha value is -2.36. The molecule has 0 spiro atoms. The van der Waals surface area contributed by atoms with E-state index in [0.29, 0.717) is 10.6 Å². The maximum Gasteiger partial charge on any atom is 0.266 e. The van der Waals surface area contributed by atoms with E-state index >= 15 is 0 Å². The van der Waals surface area contributed by atoms with Gasteiger partial charge in [0.25, 0.3) is 5.91 Å². The summed E-state index contributed by atoms with van der Waals surface area (Å²) in [5, 5.41) is 3.82. The summed E-state index contributed by atoms with van der Waals surface area (Å²) in [5.41, 5.74) is 3.55. The van der Waals surface area contributed by atoms with Crippen molar-refractivity contribution < 1.29 is 13.2 Å². The van der Waals surface area contributed by atoms with Crippen LogP contribution < -0.4 is 5.32 Å². The third-order valence-electron chi connectivity index (χ3n) is 5.52. The van der Waals surface area contributed by atoms with Crippen molar-refractivity contribution in [3.8, 4) is 0 Å². The van der Waals surface area contributed by atoms with Crippen LogP contribution in [-0.4, -0.2) is 42.7 Å². The Balaban J connectivity index is 2.07. The number of amides is 1. The molecule has 0 unspecified atom stereocenters. The number of aryl methyl sites for hydroxylation is 3. The van der Waals surface area contributed by atoms with Crippen LogP contribution in [0.2, 0.25) is 0 Å². The fraction of sp³-hybridized carbons (Fsp3) is 0.435. The maximum absolute atomic E-state index is 13.2. The van der Waals surface area contributed by atoms with Gasteiger partial charge in [-0.15, -0.1) is 11.3 Å². The lowest BCUT2D eigenvalue weighted by atomic mass is 9.95. The van der Waals surface area contributed by atoms with Crippen LogP contribution in [0.1, 0.15) is 58.7 Å². The normalized spacial score (nSPS) is 12.6. The third kappa shape index (κ3) is 4.29. The molecule has 2 aromatic heterocycles. The van der Waals surface area contributed by atoms with Crippen LogP contribution >= 0.6 is 11.3 Å². The van der Waals surface area contributed by atoms with E-state index in [2.05, 4.69) is 31.1 Å². The Morgan fingerprint density at radius 2 is 1.66 bits per heavy atom. The second-order valence-electron chi connectivity index (χ2n) is 9.27. The van der Waals surface area contributed by atoms with Gasteiger partial charge in [-0.05, 0) is 56.5 Å². The fourth-order valence-corrected chi connectivity index (χ4v) is 5.53. The minimum Gasteiger partial charge on any atom is -0.321 e. The molecular formula is C23H30N4O3S2. The number of rotatable bonds is 4. The van der Waals surface area contributed by atoms with Crippen LogP contribution in [0, 0.1) is 27.7 Å². The van der Waals surface area contributed by atoms with E-state index in [1.54, 1.807) is 6.07 Å². The Morgan fingerprint density at radius 1 is 1.03 bits per heavy atom. The summed E-state index contributed by atoms with van der Waals surface area (Å²) in [6.07, 6.45) is 0. The summed E-state index contributed by atoms with van der Waals surface area (Å²) in [7, 11) is -0.656. The van der Waals surface area contributed by atoms with Crippen molar-refractivity contribution >= 4 is 43.2 Å². The second kappa shape index (κ2) is 8.20. The minimum absolute atomic E-state index is 0.144. The summed E-state index contributed by atoms with van der Waals surface area (Å²) in [6.45, 7) is 13.7. The molecule has 0 saturated carbocycles. The van der Waals surface area contributed by atoms with E-state index < -0.39 is 10.0 Å². The van der Waals surface area contributed by atoms with Gasteiger partial charge in [-0.3, -0.25) is 4.79 Å². The molecular weight excluding hydrogens is 444 g/mol. The molecule has 0 aliphatic heterocycles. The first kappa shape index (κ1) is 24.3. The van der Waals surface area contributed by atoms with E-state index in [4.69, 9.17) is 4.98 Å². The molecule has 1 N–H and O–H groups in total. The summed E-state index contributed by atoms with van der Waals surface area (Å²) in [4.78, 5) is 24.1. The van der Waals surface area contributed by atoms with Crippen LogP contribution in [0.4, 0.5) is 5.69 Å². The van der Waals surface area contributed by atoms with Gasteiger partial charge in [0.1, 0.15) is 10.7 Å². The number of hydrogen-bond donors (Lipinski definition) is 1. The van der Waals surface area contributed by atoms with Gasteiger partial charge >= 0.3 is 0 Å². The molecule has 32 heavy (non-hydrogen) atoms. The summed E-state index contributed by atoms with van der Waals surface area (Å²) in [6, 6.07) is 3.14. The summed E-state index contributed by atoms with van der Waals surface area (Å²) < 4.78 is 26.4. The number of carbonyl (C=O) groups is 1. The van der Waals surface area contributed by atoms with Crippen molar-refractivity contribution in [1.29, 1.82) is 0 Å². The summed E-state index contributed by atoms with van der Waals surface area (Å²) >= 11 is 1.33. The van der Waals surface area contributed by atoms with Gasteiger partial charge in [0, 0.05) is 30.6 Å². The lowest BCUT2D eigenvalue weighted by molar-refractivity contribution is 0.103. The number of thiophene rings is 1. The molecule has 9 heteroatoms. The van der Waals surface area contributed by atoms with Gasteiger partial charge in [0.15, 0.2) is 0 Å². The predicted octanol–water partition coefficient (Wildman–Crippen LogP) is 4.73. The number of carbonyl (C=O) groups excluding carboxylic acids is 1. The predicted molar refractivity (Wildman–Crippen MR) is 130 cm³/mol. The van der Waals surface area contributed by atoms with E-state index in [1.807, 2.05) is 27.7 Å². The number of nitrogens with one attached hydrogen (secondary N) is 1. The van der Waals surface area contributed by atoms with Gasteiger partial charge in [-0.1, -0.05) is 20.8 Å². The Kier molecular flexibility index (Phi) is 6.23. The van der Waals surface area contributed by atoms with E-state index in [9.17, 15) is 13.2 Å². The van der Waals surface area contributed by atoms with Crippen molar-refractivity contribution in [2.45, 2.75) is 58.8 Å². The van der Waals surface area contributed by atoms with Crippen LogP contribution in [0.25, 0.3) is 10.2 Å². The number of aromatic nitrogens is 2. The Morgan fingerprint density at radius 3 is 2.22 bits per heavy atom. The first-order chi connectivity index (χ1) is 14.6. The van der Waals surface area contributed by atoms with Gasteiger partial charge in [-0.25, -0.2) is 22.7 Å². The standard InChI is InChI=1S/C23H30N4O3S2/c1-12-10-16(32(29,30)27(8)9)11-17(13(12)2)25-20(28)19-14(3)18-15(4)24-22(23(5,6)7)26-21(18)31-19/h10-11H,1-9H3,(H,25,28).